The Balaban J connectivity index is 1.36. The first-order chi connectivity index (χ1) is 20.2. The second kappa shape index (κ2) is 14.6. The minimum absolute atomic E-state index is 0.0252. The van der Waals surface area contributed by atoms with E-state index in [1.54, 1.807) is 17.0 Å². The van der Waals surface area contributed by atoms with E-state index in [1.165, 1.54) is 48.3 Å². The number of amides is 4. The highest BCUT2D eigenvalue weighted by atomic mass is 35.5. The van der Waals surface area contributed by atoms with Gasteiger partial charge in [0.2, 0.25) is 11.8 Å². The molecule has 1 aliphatic rings. The molecule has 1 aliphatic heterocycles. The van der Waals surface area contributed by atoms with Crippen LogP contribution in [0.1, 0.15) is 18.4 Å². The van der Waals surface area contributed by atoms with Crippen molar-refractivity contribution in [3.05, 3.63) is 70.8 Å². The molecule has 3 N–H and O–H groups in total. The van der Waals surface area contributed by atoms with Crippen LogP contribution in [0.4, 0.5) is 24.3 Å². The molecule has 2 aromatic carbocycles. The maximum Gasteiger partial charge on any atom is 0.414 e. The molecule has 14 heteroatoms. The minimum atomic E-state index is -0.879. The number of benzene rings is 2. The van der Waals surface area contributed by atoms with Crippen LogP contribution in [-0.2, 0) is 16.1 Å². The summed E-state index contributed by atoms with van der Waals surface area (Å²) in [5.74, 6) is -1.14. The molecule has 42 heavy (non-hydrogen) atoms. The molecular formula is C28H31ClF2N6O5. The van der Waals surface area contributed by atoms with Crippen molar-refractivity contribution < 1.29 is 32.4 Å². The standard InChI is InChI=1S/C28H31ClF2N6O5/c1-36(27(39)33-16-19-5-3-7-22(31)26(19)29)21(8-9-25(38)37-12-10-32-11-13-37)17-41-28(40)34-24-15-23(35-42-24)18-4-2-6-20(30)14-18/h2-7,14-15,21,32H,8-13,16-17H2,1H3,(H,33,39)(H,34,40)/t21-/m1/s1. The predicted octanol–water partition coefficient (Wildman–Crippen LogP) is 4.24. The van der Waals surface area contributed by atoms with Gasteiger partial charge in [-0.3, -0.25) is 10.1 Å². The molecule has 3 aromatic rings. The van der Waals surface area contributed by atoms with E-state index in [0.717, 1.165) is 0 Å². The zero-order valence-electron chi connectivity index (χ0n) is 22.9. The maximum atomic E-state index is 13.8. The molecule has 1 aromatic heterocycles. The van der Waals surface area contributed by atoms with Gasteiger partial charge in [0.1, 0.15) is 23.9 Å². The van der Waals surface area contributed by atoms with Gasteiger partial charge in [-0.15, -0.1) is 0 Å². The molecule has 0 unspecified atom stereocenters. The first kappa shape index (κ1) is 30.7. The Morgan fingerprint density at radius 3 is 2.69 bits per heavy atom. The summed E-state index contributed by atoms with van der Waals surface area (Å²) in [5, 5.41) is 12.0. The fourth-order valence-corrected chi connectivity index (χ4v) is 4.52. The van der Waals surface area contributed by atoms with Crippen LogP contribution in [0.25, 0.3) is 11.3 Å². The normalized spacial score (nSPS) is 13.8. The van der Waals surface area contributed by atoms with Gasteiger partial charge in [-0.1, -0.05) is 41.0 Å². The van der Waals surface area contributed by atoms with Gasteiger partial charge in [0.05, 0.1) is 11.1 Å². The number of nitrogens with one attached hydrogen (secondary N) is 3. The Morgan fingerprint density at radius 1 is 1.17 bits per heavy atom. The van der Waals surface area contributed by atoms with E-state index in [1.807, 2.05) is 0 Å². The van der Waals surface area contributed by atoms with E-state index in [4.69, 9.17) is 20.9 Å². The van der Waals surface area contributed by atoms with Crippen LogP contribution in [0.3, 0.4) is 0 Å². The highest BCUT2D eigenvalue weighted by Crippen LogP contribution is 2.23. The first-order valence-electron chi connectivity index (χ1n) is 13.3. The summed E-state index contributed by atoms with van der Waals surface area (Å²) in [6.45, 7) is 2.30. The van der Waals surface area contributed by atoms with E-state index >= 15 is 0 Å². The number of hydrogen-bond acceptors (Lipinski definition) is 7. The van der Waals surface area contributed by atoms with Gasteiger partial charge in [0, 0.05) is 57.8 Å². The molecular weight excluding hydrogens is 574 g/mol. The number of ether oxygens (including phenoxy) is 1. The number of aromatic nitrogens is 1. The smallest absolute Gasteiger partial charge is 0.414 e. The lowest BCUT2D eigenvalue weighted by molar-refractivity contribution is -0.132. The topological polar surface area (TPSA) is 129 Å². The van der Waals surface area contributed by atoms with Gasteiger partial charge in [0.25, 0.3) is 0 Å². The molecule has 0 bridgehead atoms. The number of carbonyl (C=O) groups is 3. The molecule has 224 valence electrons. The Hall–Kier alpha value is -4.23. The van der Waals surface area contributed by atoms with E-state index in [0.29, 0.717) is 43.0 Å². The van der Waals surface area contributed by atoms with Crippen LogP contribution in [0, 0.1) is 11.6 Å². The van der Waals surface area contributed by atoms with Crippen molar-refractivity contribution in [3.63, 3.8) is 0 Å². The summed E-state index contributed by atoms with van der Waals surface area (Å²) in [6.07, 6.45) is -0.537. The largest absolute Gasteiger partial charge is 0.447 e. The minimum Gasteiger partial charge on any atom is -0.447 e. The van der Waals surface area contributed by atoms with Crippen LogP contribution in [0.5, 0.6) is 0 Å². The summed E-state index contributed by atoms with van der Waals surface area (Å²) >= 11 is 5.99. The van der Waals surface area contributed by atoms with Gasteiger partial charge in [0.15, 0.2) is 0 Å². The molecule has 1 saturated heterocycles. The average Bonchev–Trinajstić information content (AvgIpc) is 3.46. The van der Waals surface area contributed by atoms with Gasteiger partial charge in [-0.05, 0) is 30.2 Å². The SMILES string of the molecule is CN(C(=O)NCc1cccc(F)c1Cl)[C@H](CCC(=O)N1CCNCC1)COC(=O)Nc1cc(-c2cccc(F)c2)no1. The number of piperazine rings is 1. The monoisotopic (exact) mass is 604 g/mol. The van der Waals surface area contributed by atoms with Crippen molar-refractivity contribution in [3.8, 4) is 11.3 Å². The maximum absolute atomic E-state index is 13.8. The van der Waals surface area contributed by atoms with Crippen molar-refractivity contribution in [2.24, 2.45) is 0 Å². The highest BCUT2D eigenvalue weighted by molar-refractivity contribution is 6.31. The molecule has 0 aliphatic carbocycles. The quantitative estimate of drug-likeness (QED) is 0.316. The van der Waals surface area contributed by atoms with Crippen LogP contribution in [0.2, 0.25) is 5.02 Å². The van der Waals surface area contributed by atoms with E-state index < -0.39 is 29.8 Å². The molecule has 0 radical (unpaired) electrons. The van der Waals surface area contributed by atoms with Crippen molar-refractivity contribution in [1.82, 2.24) is 25.6 Å². The summed E-state index contributed by atoms with van der Waals surface area (Å²) in [7, 11) is 1.51. The lowest BCUT2D eigenvalue weighted by Gasteiger charge is -2.30. The van der Waals surface area contributed by atoms with Crippen molar-refractivity contribution in [2.75, 3.05) is 45.2 Å². The number of carbonyl (C=O) groups excluding carboxylic acids is 3. The first-order valence-corrected chi connectivity index (χ1v) is 13.7. The number of rotatable bonds is 10. The van der Waals surface area contributed by atoms with Crippen molar-refractivity contribution >= 4 is 35.5 Å². The van der Waals surface area contributed by atoms with Gasteiger partial charge in [-0.25, -0.2) is 18.4 Å². The molecule has 2 heterocycles. The fourth-order valence-electron chi connectivity index (χ4n) is 4.32. The Morgan fingerprint density at radius 2 is 1.93 bits per heavy atom. The lowest BCUT2D eigenvalue weighted by atomic mass is 10.1. The van der Waals surface area contributed by atoms with Crippen LogP contribution >= 0.6 is 11.6 Å². The number of anilines is 1. The zero-order valence-corrected chi connectivity index (χ0v) is 23.6. The third-order valence-electron chi connectivity index (χ3n) is 6.75. The van der Waals surface area contributed by atoms with E-state index in [9.17, 15) is 23.2 Å². The summed E-state index contributed by atoms with van der Waals surface area (Å²) in [4.78, 5) is 41.3. The third kappa shape index (κ3) is 8.40. The van der Waals surface area contributed by atoms with Gasteiger partial charge >= 0.3 is 12.1 Å². The fraction of sp³-hybridized carbons (Fsp3) is 0.357. The summed E-state index contributed by atoms with van der Waals surface area (Å²) < 4.78 is 37.8. The number of likely N-dealkylation sites (N-methyl/N-ethyl adjacent to an activating group) is 1. The molecule has 0 saturated carbocycles. The Bertz CT molecular complexity index is 1400. The highest BCUT2D eigenvalue weighted by Gasteiger charge is 2.25. The molecule has 1 fully saturated rings. The van der Waals surface area contributed by atoms with Crippen LogP contribution < -0.4 is 16.0 Å². The Kier molecular flexibility index (Phi) is 10.7. The molecule has 4 amide bonds. The van der Waals surface area contributed by atoms with E-state index in [2.05, 4.69) is 21.1 Å². The summed E-state index contributed by atoms with van der Waals surface area (Å²) in [6, 6.07) is 10.2. The van der Waals surface area contributed by atoms with E-state index in [-0.39, 0.29) is 42.8 Å². The van der Waals surface area contributed by atoms with Gasteiger partial charge in [-0.2, -0.15) is 0 Å². The lowest BCUT2D eigenvalue weighted by Crippen LogP contribution is -2.48. The number of nitrogens with zero attached hydrogens (tertiary/aromatic N) is 3. The van der Waals surface area contributed by atoms with Crippen molar-refractivity contribution in [1.29, 1.82) is 0 Å². The number of halogens is 3. The van der Waals surface area contributed by atoms with Crippen molar-refractivity contribution in [2.45, 2.75) is 25.4 Å². The van der Waals surface area contributed by atoms with Crippen LogP contribution in [-0.4, -0.2) is 78.9 Å². The second-order valence-corrected chi connectivity index (χ2v) is 9.99. The number of hydrogen-bond donors (Lipinski definition) is 3. The van der Waals surface area contributed by atoms with Gasteiger partial charge < -0.3 is 29.7 Å². The molecule has 0 spiro atoms. The Labute approximate surface area is 246 Å². The zero-order chi connectivity index (χ0) is 30.1. The second-order valence-electron chi connectivity index (χ2n) is 9.62. The molecule has 1 atom stereocenters. The number of urea groups is 1. The third-order valence-corrected chi connectivity index (χ3v) is 7.18. The summed E-state index contributed by atoms with van der Waals surface area (Å²) in [5.41, 5.74) is 1.16. The predicted molar refractivity (Wildman–Crippen MR) is 151 cm³/mol. The average molecular weight is 605 g/mol. The van der Waals surface area contributed by atoms with Crippen LogP contribution in [0.15, 0.2) is 53.1 Å². The molecule has 4 rings (SSSR count). The molecule has 11 nitrogen and oxygen atoms in total.